The molecule has 1 aliphatic rings. The van der Waals surface area contributed by atoms with Crippen molar-refractivity contribution in [3.63, 3.8) is 0 Å². The second-order valence-corrected chi connectivity index (χ2v) is 13.7. The van der Waals surface area contributed by atoms with E-state index >= 15 is 0 Å². The van der Waals surface area contributed by atoms with Gasteiger partial charge in [0.25, 0.3) is 0 Å². The molecule has 0 saturated carbocycles. The number of imidazole rings is 1. The molecule has 0 bridgehead atoms. The third-order valence-electron chi connectivity index (χ3n) is 6.28. The van der Waals surface area contributed by atoms with Crippen LogP contribution < -0.4 is 16.4 Å². The highest BCUT2D eigenvalue weighted by atomic mass is 32.1. The minimum atomic E-state index is -5.35. The Morgan fingerprint density at radius 1 is 1.14 bits per heavy atom. The monoisotopic (exact) mass is 687 g/mol. The molecule has 20 nitrogen and oxygen atoms in total. The third kappa shape index (κ3) is 9.38. The smallest absolute Gasteiger partial charge is 0.387 e. The fourth-order valence-electron chi connectivity index (χ4n) is 3.86. The molecule has 2 aromatic heterocycles. The van der Waals surface area contributed by atoms with E-state index in [0.29, 0.717) is 12.3 Å². The summed E-state index contributed by atoms with van der Waals surface area (Å²) in [5.41, 5.74) is 4.60. The predicted octanol–water partition coefficient (Wildman–Crippen LogP) is -1.78. The number of carbonyl (C=O) groups is 2. The number of aliphatic hydroxyl groups is 3. The van der Waals surface area contributed by atoms with E-state index in [1.54, 1.807) is 0 Å². The molecular weight excluding hydrogens is 652 g/mol. The maximum absolute atomic E-state index is 12.4. The van der Waals surface area contributed by atoms with E-state index in [9.17, 15) is 43.8 Å². The van der Waals surface area contributed by atoms with Crippen molar-refractivity contribution < 1.29 is 61.9 Å². The molecule has 248 valence electrons. The zero-order valence-electron chi connectivity index (χ0n) is 23.5. The number of thiol groups is 1. The van der Waals surface area contributed by atoms with Crippen LogP contribution in [0.3, 0.4) is 0 Å². The van der Waals surface area contributed by atoms with Gasteiger partial charge in [0.15, 0.2) is 17.7 Å². The largest absolute Gasteiger partial charge is 0.481 e. The molecule has 0 aromatic carbocycles. The quantitative estimate of drug-likeness (QED) is 0.0696. The number of carbonyl (C=O) groups excluding carboxylic acids is 2. The molecule has 2 aromatic rings. The Morgan fingerprint density at radius 2 is 1.82 bits per heavy atom. The number of aromatic nitrogens is 4. The highest BCUT2D eigenvalue weighted by molar-refractivity contribution is 7.80. The summed E-state index contributed by atoms with van der Waals surface area (Å²) in [6.07, 6.45) is -5.39. The van der Waals surface area contributed by atoms with Crippen LogP contribution in [-0.4, -0.2) is 113 Å². The number of phosphoric acid groups is 2. The number of aliphatic hydroxyl groups excluding tert-OH is 3. The number of fused-ring (bicyclic) bond motifs is 1. The van der Waals surface area contributed by atoms with Gasteiger partial charge in [-0.1, -0.05) is 13.8 Å². The van der Waals surface area contributed by atoms with Gasteiger partial charge in [0.05, 0.1) is 19.5 Å². The lowest BCUT2D eigenvalue weighted by Gasteiger charge is -2.30. The van der Waals surface area contributed by atoms with E-state index in [-0.39, 0.29) is 35.9 Å². The standard InChI is InChI=1S/C21H35N7O13P2S/c1-21(2,16(32)19(33)24-4-3-12(29)23-5-6-44)8-39-43(36,37)41-42(34,35)38-7-11-14(30)15(31)20(40-11)28-10-27-13-17(22)25-9-26-18(13)28/h9-11,14-16,20,30-32,44H,3-8H2,1-2H3,(H,23,29)(H,24,33)(H,34,35)(H,36,37)(H2,22,25,26)/t11-,14-,15+,16-,20-/m0/s1. The Bertz CT molecular complexity index is 1420. The lowest BCUT2D eigenvalue weighted by atomic mass is 9.87. The summed E-state index contributed by atoms with van der Waals surface area (Å²) in [7, 11) is -10.7. The number of hydrogen-bond acceptors (Lipinski definition) is 16. The first-order valence-electron chi connectivity index (χ1n) is 12.9. The lowest BCUT2D eigenvalue weighted by molar-refractivity contribution is -0.137. The van der Waals surface area contributed by atoms with E-state index < -0.39 is 70.8 Å². The fraction of sp³-hybridized carbons (Fsp3) is 0.667. The van der Waals surface area contributed by atoms with Crippen LogP contribution in [0.5, 0.6) is 0 Å². The molecule has 23 heteroatoms. The number of nitrogens with zero attached hydrogens (tertiary/aromatic N) is 4. The van der Waals surface area contributed by atoms with Gasteiger partial charge in [0, 0.05) is 30.7 Å². The SMILES string of the molecule is CC(C)(COP(=O)(O)OP(=O)(O)OC[C@@H]1O[C@H](n2cnc3c(N)ncnc32)[C@H](O)[C@H]1O)[C@@H](O)C(=O)NCCC(=O)NCCS. The Hall–Kier alpha value is -2.26. The fourth-order valence-corrected chi connectivity index (χ4v) is 6.22. The number of hydrogen-bond donors (Lipinski definition) is 9. The molecule has 7 atom stereocenters. The topological polar surface area (TPSA) is 300 Å². The van der Waals surface area contributed by atoms with Crippen molar-refractivity contribution in [1.29, 1.82) is 0 Å². The zero-order chi connectivity index (χ0) is 32.9. The summed E-state index contributed by atoms with van der Waals surface area (Å²) >= 11 is 3.96. The van der Waals surface area contributed by atoms with Crippen LogP contribution in [0.4, 0.5) is 5.82 Å². The maximum Gasteiger partial charge on any atom is 0.481 e. The van der Waals surface area contributed by atoms with Gasteiger partial charge in [-0.15, -0.1) is 0 Å². The van der Waals surface area contributed by atoms with Crippen molar-refractivity contribution in [2.75, 3.05) is 37.8 Å². The summed E-state index contributed by atoms with van der Waals surface area (Å²) in [5, 5.41) is 36.2. The van der Waals surface area contributed by atoms with Crippen LogP contribution in [0.1, 0.15) is 26.5 Å². The number of ether oxygens (including phenoxy) is 1. The highest BCUT2D eigenvalue weighted by Crippen LogP contribution is 2.61. The molecule has 0 radical (unpaired) electrons. The van der Waals surface area contributed by atoms with E-state index in [1.165, 1.54) is 24.7 Å². The van der Waals surface area contributed by atoms with E-state index in [0.717, 1.165) is 6.33 Å². The first kappa shape index (κ1) is 36.2. The summed E-state index contributed by atoms with van der Waals surface area (Å²) < 4.78 is 45.3. The number of rotatable bonds is 16. The van der Waals surface area contributed by atoms with E-state index in [2.05, 4.69) is 42.5 Å². The normalized spacial score (nSPS) is 24.0. The lowest BCUT2D eigenvalue weighted by Crippen LogP contribution is -2.46. The molecule has 3 rings (SSSR count). The third-order valence-corrected chi connectivity index (χ3v) is 9.09. The number of nitrogens with one attached hydrogen (secondary N) is 2. The minimum Gasteiger partial charge on any atom is -0.387 e. The Labute approximate surface area is 255 Å². The van der Waals surface area contributed by atoms with Crippen LogP contribution >= 0.6 is 28.3 Å². The minimum absolute atomic E-state index is 0.0540. The number of amides is 2. The van der Waals surface area contributed by atoms with Gasteiger partial charge in [-0.05, 0) is 0 Å². The number of nitrogen functional groups attached to an aromatic ring is 1. The molecule has 1 aliphatic heterocycles. The van der Waals surface area contributed by atoms with Crippen LogP contribution in [-0.2, 0) is 36.8 Å². The number of anilines is 1. The van der Waals surface area contributed by atoms with Gasteiger partial charge >= 0.3 is 15.6 Å². The van der Waals surface area contributed by atoms with Crippen molar-refractivity contribution >= 4 is 57.1 Å². The van der Waals surface area contributed by atoms with Gasteiger partial charge in [-0.3, -0.25) is 23.2 Å². The van der Waals surface area contributed by atoms with Crippen LogP contribution in [0.25, 0.3) is 11.2 Å². The van der Waals surface area contributed by atoms with Crippen LogP contribution in [0.15, 0.2) is 12.7 Å². The summed E-state index contributed by atoms with van der Waals surface area (Å²) in [5.74, 6) is -0.760. The van der Waals surface area contributed by atoms with Crippen LogP contribution in [0.2, 0.25) is 0 Å². The molecule has 44 heavy (non-hydrogen) atoms. The van der Waals surface area contributed by atoms with Crippen molar-refractivity contribution in [1.82, 2.24) is 30.2 Å². The van der Waals surface area contributed by atoms with Crippen molar-refractivity contribution in [2.24, 2.45) is 5.41 Å². The summed E-state index contributed by atoms with van der Waals surface area (Å²) in [6, 6.07) is 0. The van der Waals surface area contributed by atoms with Gasteiger partial charge in [-0.25, -0.2) is 24.1 Å². The second-order valence-electron chi connectivity index (χ2n) is 10.2. The Kier molecular flexibility index (Phi) is 12.3. The van der Waals surface area contributed by atoms with Crippen molar-refractivity contribution in [3.8, 4) is 0 Å². The second kappa shape index (κ2) is 14.9. The zero-order valence-corrected chi connectivity index (χ0v) is 26.2. The van der Waals surface area contributed by atoms with Gasteiger partial charge in [0.1, 0.15) is 36.3 Å². The van der Waals surface area contributed by atoms with Crippen molar-refractivity contribution in [2.45, 2.75) is 50.9 Å². The highest BCUT2D eigenvalue weighted by Gasteiger charge is 2.46. The summed E-state index contributed by atoms with van der Waals surface area (Å²) in [6.45, 7) is 1.16. The molecule has 0 spiro atoms. The molecule has 9 N–H and O–H groups in total. The first-order valence-corrected chi connectivity index (χ1v) is 16.5. The molecule has 2 unspecified atom stereocenters. The Balaban J connectivity index is 1.50. The molecule has 1 saturated heterocycles. The molecule has 2 amide bonds. The number of nitrogens with two attached hydrogens (primary N) is 1. The molecule has 1 fully saturated rings. The molecule has 0 aliphatic carbocycles. The van der Waals surface area contributed by atoms with E-state index in [1.807, 2.05) is 0 Å². The van der Waals surface area contributed by atoms with E-state index in [4.69, 9.17) is 19.5 Å². The van der Waals surface area contributed by atoms with Gasteiger partial charge < -0.3 is 46.2 Å². The average molecular weight is 688 g/mol. The first-order chi connectivity index (χ1) is 20.5. The number of phosphoric ester groups is 2. The summed E-state index contributed by atoms with van der Waals surface area (Å²) in [4.78, 5) is 55.7. The average Bonchev–Trinajstić information content (AvgIpc) is 3.50. The predicted molar refractivity (Wildman–Crippen MR) is 153 cm³/mol. The van der Waals surface area contributed by atoms with Gasteiger partial charge in [-0.2, -0.15) is 16.9 Å². The molecular formula is C21H35N7O13P2S. The molecule has 3 heterocycles. The van der Waals surface area contributed by atoms with Gasteiger partial charge in [0.2, 0.25) is 11.8 Å². The maximum atomic E-state index is 12.4. The Morgan fingerprint density at radius 3 is 2.50 bits per heavy atom. The van der Waals surface area contributed by atoms with Crippen LogP contribution in [0, 0.1) is 5.41 Å². The van der Waals surface area contributed by atoms with Crippen molar-refractivity contribution in [3.05, 3.63) is 12.7 Å².